The summed E-state index contributed by atoms with van der Waals surface area (Å²) < 4.78 is 39.7. The van der Waals surface area contributed by atoms with Crippen LogP contribution in [0.1, 0.15) is 34.8 Å². The van der Waals surface area contributed by atoms with Gasteiger partial charge in [0.25, 0.3) is 5.91 Å². The molecule has 0 aliphatic carbocycles. The molecule has 1 atom stereocenters. The molecule has 1 aliphatic rings. The summed E-state index contributed by atoms with van der Waals surface area (Å²) in [5, 5.41) is 0.608. The van der Waals surface area contributed by atoms with Crippen LogP contribution in [0.15, 0.2) is 36.5 Å². The smallest absolute Gasteiger partial charge is 0.254 e. The number of ether oxygens (including phenoxy) is 1. The van der Waals surface area contributed by atoms with Crippen molar-refractivity contribution in [2.75, 3.05) is 13.7 Å². The van der Waals surface area contributed by atoms with Crippen LogP contribution < -0.4 is 4.74 Å². The third-order valence-electron chi connectivity index (χ3n) is 5.80. The maximum Gasteiger partial charge on any atom is 0.254 e. The molecule has 0 N–H and O–H groups in total. The van der Waals surface area contributed by atoms with E-state index in [0.29, 0.717) is 46.7 Å². The van der Waals surface area contributed by atoms with E-state index in [4.69, 9.17) is 9.72 Å². The Morgan fingerprint density at radius 1 is 1.18 bits per heavy atom. The van der Waals surface area contributed by atoms with Crippen molar-refractivity contribution < 1.29 is 18.3 Å². The Hall–Kier alpha value is -3.73. The first-order chi connectivity index (χ1) is 16.4. The predicted molar refractivity (Wildman–Crippen MR) is 121 cm³/mol. The molecule has 1 aromatic carbocycles. The summed E-state index contributed by atoms with van der Waals surface area (Å²) >= 11 is 1.21. The third kappa shape index (κ3) is 3.71. The maximum atomic E-state index is 15.0. The van der Waals surface area contributed by atoms with Crippen LogP contribution in [0.25, 0.3) is 22.1 Å². The highest BCUT2D eigenvalue weighted by molar-refractivity contribution is 7.09. The van der Waals surface area contributed by atoms with E-state index in [9.17, 15) is 13.6 Å². The Morgan fingerprint density at radius 3 is 2.62 bits per heavy atom. The molecule has 0 saturated carbocycles. The Bertz CT molecular complexity index is 1380. The largest absolute Gasteiger partial charge is 0.481 e. The highest BCUT2D eigenvalue weighted by Gasteiger charge is 2.35. The number of pyridine rings is 1. The highest BCUT2D eigenvalue weighted by atomic mass is 32.1. The van der Waals surface area contributed by atoms with E-state index in [1.165, 1.54) is 49.0 Å². The van der Waals surface area contributed by atoms with E-state index in [1.54, 1.807) is 11.8 Å². The molecule has 0 spiro atoms. The quantitative estimate of drug-likeness (QED) is 0.432. The first-order valence-electron chi connectivity index (χ1n) is 10.5. The Kier molecular flexibility index (Phi) is 5.56. The van der Waals surface area contributed by atoms with E-state index >= 15 is 0 Å². The summed E-state index contributed by atoms with van der Waals surface area (Å²) in [5.74, 6) is 0.207. The number of carbonyl (C=O) groups is 1. The van der Waals surface area contributed by atoms with Gasteiger partial charge >= 0.3 is 0 Å². The molecule has 3 aromatic heterocycles. The van der Waals surface area contributed by atoms with E-state index in [-0.39, 0.29) is 17.4 Å². The van der Waals surface area contributed by atoms with Gasteiger partial charge in [0.05, 0.1) is 30.7 Å². The Labute approximate surface area is 198 Å². The van der Waals surface area contributed by atoms with Crippen molar-refractivity contribution in [3.63, 3.8) is 0 Å². The normalized spacial score (nSPS) is 15.3. The van der Waals surface area contributed by atoms with Gasteiger partial charge in [-0.1, -0.05) is 0 Å². The molecule has 0 radical (unpaired) electrons. The zero-order valence-corrected chi connectivity index (χ0v) is 19.4. The summed E-state index contributed by atoms with van der Waals surface area (Å²) in [6.07, 6.45) is 1.09. The molecule has 0 unspecified atom stereocenters. The molecule has 174 valence electrons. The molecule has 0 fully saturated rings. The highest BCUT2D eigenvalue weighted by Crippen LogP contribution is 2.40. The molecule has 0 bridgehead atoms. The number of aromatic nitrogens is 5. The van der Waals surface area contributed by atoms with Gasteiger partial charge in [-0.25, -0.2) is 23.7 Å². The number of amides is 1. The van der Waals surface area contributed by atoms with Crippen LogP contribution in [0.5, 0.6) is 5.88 Å². The zero-order chi connectivity index (χ0) is 24.0. The van der Waals surface area contributed by atoms with E-state index in [0.717, 1.165) is 6.20 Å². The monoisotopic (exact) mass is 482 g/mol. The topological polar surface area (TPSA) is 86.0 Å². The van der Waals surface area contributed by atoms with Gasteiger partial charge in [-0.05, 0) is 49.6 Å². The van der Waals surface area contributed by atoms with Crippen molar-refractivity contribution >= 4 is 17.4 Å². The minimum Gasteiger partial charge on any atom is -0.481 e. The summed E-state index contributed by atoms with van der Waals surface area (Å²) in [6.45, 7) is 4.48. The molecule has 1 amide bonds. The van der Waals surface area contributed by atoms with Gasteiger partial charge in [-0.15, -0.1) is 0 Å². The molecular formula is C23H20F2N6O2S. The average Bonchev–Trinajstić information content (AvgIpc) is 3.44. The van der Waals surface area contributed by atoms with Gasteiger partial charge in [0.1, 0.15) is 11.6 Å². The maximum absolute atomic E-state index is 15.0. The summed E-state index contributed by atoms with van der Waals surface area (Å²) in [6, 6.07) is 6.47. The van der Waals surface area contributed by atoms with Gasteiger partial charge in [0, 0.05) is 30.3 Å². The first-order valence-corrected chi connectivity index (χ1v) is 11.3. The standard InChI is InChI=1S/C23H20F2N6O2S/c1-12-20-19(16-10-18(33-3)26-11-17(16)25)28-21(22-27-13(2)29-34-22)31(20)9-8-30(12)23(32)14-4-6-15(24)7-5-14/h4-7,10-12H,8-9H2,1-3H3/t12-/m1/s1. The van der Waals surface area contributed by atoms with Crippen molar-refractivity contribution in [3.8, 4) is 28.0 Å². The predicted octanol–water partition coefficient (Wildman–Crippen LogP) is 4.28. The molecule has 1 aliphatic heterocycles. The number of imidazole rings is 1. The summed E-state index contributed by atoms with van der Waals surface area (Å²) in [5.41, 5.74) is 1.63. The lowest BCUT2D eigenvalue weighted by Gasteiger charge is -2.35. The lowest BCUT2D eigenvalue weighted by atomic mass is 10.0. The van der Waals surface area contributed by atoms with Gasteiger partial charge in [0.2, 0.25) is 5.88 Å². The molecule has 0 saturated heterocycles. The second kappa shape index (κ2) is 8.56. The van der Waals surface area contributed by atoms with Crippen molar-refractivity contribution in [2.45, 2.75) is 26.4 Å². The summed E-state index contributed by atoms with van der Waals surface area (Å²) in [7, 11) is 1.45. The minimum atomic E-state index is -0.559. The van der Waals surface area contributed by atoms with Crippen molar-refractivity contribution in [3.05, 3.63) is 65.2 Å². The fourth-order valence-electron chi connectivity index (χ4n) is 4.16. The number of methoxy groups -OCH3 is 1. The van der Waals surface area contributed by atoms with Crippen LogP contribution in [-0.4, -0.2) is 48.4 Å². The molecular weight excluding hydrogens is 462 g/mol. The second-order valence-corrected chi connectivity index (χ2v) is 8.61. The average molecular weight is 483 g/mol. The number of fused-ring (bicyclic) bond motifs is 1. The van der Waals surface area contributed by atoms with Gasteiger partial charge < -0.3 is 14.2 Å². The number of nitrogens with zero attached hydrogens (tertiary/aromatic N) is 6. The van der Waals surface area contributed by atoms with Crippen molar-refractivity contribution in [2.24, 2.45) is 0 Å². The molecule has 11 heteroatoms. The van der Waals surface area contributed by atoms with Crippen molar-refractivity contribution in [1.29, 1.82) is 0 Å². The SMILES string of the molecule is COc1cc(-c2nc(-c3nc(C)ns3)n3c2[C@@H](C)N(C(=O)c2ccc(F)cc2)CC3)c(F)cn1. The molecule has 8 nitrogen and oxygen atoms in total. The van der Waals surface area contributed by atoms with Crippen molar-refractivity contribution in [1.82, 2.24) is 28.8 Å². The van der Waals surface area contributed by atoms with Crippen LogP contribution in [0.4, 0.5) is 8.78 Å². The number of hydrogen-bond acceptors (Lipinski definition) is 7. The second-order valence-electron chi connectivity index (χ2n) is 7.86. The van der Waals surface area contributed by atoms with E-state index in [2.05, 4.69) is 14.3 Å². The van der Waals surface area contributed by atoms with E-state index in [1.807, 2.05) is 11.5 Å². The molecule has 5 rings (SSSR count). The van der Waals surface area contributed by atoms with Crippen LogP contribution in [0.3, 0.4) is 0 Å². The number of benzene rings is 1. The molecule has 4 aromatic rings. The lowest BCUT2D eigenvalue weighted by Crippen LogP contribution is -2.41. The van der Waals surface area contributed by atoms with Gasteiger partial charge in [-0.3, -0.25) is 4.79 Å². The zero-order valence-electron chi connectivity index (χ0n) is 18.6. The van der Waals surface area contributed by atoms with Gasteiger partial charge in [0.15, 0.2) is 16.6 Å². The van der Waals surface area contributed by atoms with Gasteiger partial charge in [-0.2, -0.15) is 4.37 Å². The fraction of sp³-hybridized carbons (Fsp3) is 0.261. The van der Waals surface area contributed by atoms with Crippen LogP contribution in [0, 0.1) is 18.6 Å². The van der Waals surface area contributed by atoms with Crippen LogP contribution >= 0.6 is 11.5 Å². The number of rotatable bonds is 4. The number of aryl methyl sites for hydroxylation is 1. The summed E-state index contributed by atoms with van der Waals surface area (Å²) in [4.78, 5) is 28.1. The fourth-order valence-corrected chi connectivity index (χ4v) is 4.83. The third-order valence-corrected chi connectivity index (χ3v) is 6.60. The Morgan fingerprint density at radius 2 is 1.94 bits per heavy atom. The number of hydrogen-bond donors (Lipinski definition) is 0. The van der Waals surface area contributed by atoms with Crippen LogP contribution in [0.2, 0.25) is 0 Å². The number of halogens is 2. The minimum absolute atomic E-state index is 0.214. The van der Waals surface area contributed by atoms with Crippen LogP contribution in [-0.2, 0) is 6.54 Å². The molecule has 34 heavy (non-hydrogen) atoms. The number of carbonyl (C=O) groups excluding carboxylic acids is 1. The first kappa shape index (κ1) is 22.1. The van der Waals surface area contributed by atoms with E-state index < -0.39 is 17.7 Å². The lowest BCUT2D eigenvalue weighted by molar-refractivity contribution is 0.0645. The molecule has 4 heterocycles. The Balaban J connectivity index is 1.65.